The lowest BCUT2D eigenvalue weighted by Crippen LogP contribution is -2.25. The summed E-state index contributed by atoms with van der Waals surface area (Å²) in [5.74, 6) is -1.36. The Morgan fingerprint density at radius 2 is 1.83 bits per heavy atom. The summed E-state index contributed by atoms with van der Waals surface area (Å²) in [5.41, 5.74) is 2.51. The topological polar surface area (TPSA) is 29.0 Å². The minimum absolute atomic E-state index is 0.0153. The molecular formula is C17H12ClF2N3. The monoisotopic (exact) mass is 331 g/mol. The van der Waals surface area contributed by atoms with Crippen LogP contribution in [0.1, 0.15) is 12.0 Å². The van der Waals surface area contributed by atoms with Crippen molar-refractivity contribution in [1.29, 1.82) is 0 Å². The molecule has 1 aliphatic rings. The molecule has 0 radical (unpaired) electrons. The standard InChI is InChI=1S/C17H12ClF2N3/c18-17-21-14-9-13(20)12(19)8-11(14)16(22-17)23-7-3-5-10-4-1-2-6-15(10)23/h1-2,4,6,8-9H,3,5,7H2. The maximum absolute atomic E-state index is 13.7. The van der Waals surface area contributed by atoms with Crippen molar-refractivity contribution in [3.63, 3.8) is 0 Å². The van der Waals surface area contributed by atoms with Gasteiger partial charge in [-0.05, 0) is 42.1 Å². The molecule has 0 N–H and O–H groups in total. The normalized spacial score (nSPS) is 14.1. The van der Waals surface area contributed by atoms with Crippen LogP contribution in [0.25, 0.3) is 10.9 Å². The van der Waals surface area contributed by atoms with Gasteiger partial charge in [0, 0.05) is 23.7 Å². The molecule has 0 spiro atoms. The highest BCUT2D eigenvalue weighted by Crippen LogP contribution is 2.36. The third kappa shape index (κ3) is 2.41. The number of hydrogen-bond acceptors (Lipinski definition) is 3. The van der Waals surface area contributed by atoms with Crippen LogP contribution in [-0.2, 0) is 6.42 Å². The van der Waals surface area contributed by atoms with Gasteiger partial charge in [0.25, 0.3) is 0 Å². The van der Waals surface area contributed by atoms with Gasteiger partial charge in [-0.2, -0.15) is 4.98 Å². The zero-order valence-corrected chi connectivity index (χ0v) is 12.8. The van der Waals surface area contributed by atoms with Crippen molar-refractivity contribution in [3.8, 4) is 0 Å². The maximum Gasteiger partial charge on any atom is 0.224 e. The van der Waals surface area contributed by atoms with E-state index in [4.69, 9.17) is 11.6 Å². The van der Waals surface area contributed by atoms with Crippen molar-refractivity contribution < 1.29 is 8.78 Å². The molecule has 1 aromatic heterocycles. The van der Waals surface area contributed by atoms with Crippen LogP contribution in [0.2, 0.25) is 5.28 Å². The van der Waals surface area contributed by atoms with Gasteiger partial charge in [0.05, 0.1) is 5.52 Å². The van der Waals surface area contributed by atoms with Gasteiger partial charge in [-0.25, -0.2) is 13.8 Å². The molecular weight excluding hydrogens is 320 g/mol. The highest BCUT2D eigenvalue weighted by molar-refractivity contribution is 6.28. The molecule has 0 bridgehead atoms. The summed E-state index contributed by atoms with van der Waals surface area (Å²) in [6.45, 7) is 0.735. The number of halogens is 3. The van der Waals surface area contributed by atoms with E-state index in [0.717, 1.165) is 37.2 Å². The van der Waals surface area contributed by atoms with Gasteiger partial charge in [0.15, 0.2) is 11.6 Å². The van der Waals surface area contributed by atoms with Gasteiger partial charge in [0.1, 0.15) is 5.82 Å². The summed E-state index contributed by atoms with van der Waals surface area (Å²) in [6, 6.07) is 10.2. The Morgan fingerprint density at radius 1 is 1.04 bits per heavy atom. The van der Waals surface area contributed by atoms with Crippen molar-refractivity contribution in [2.75, 3.05) is 11.4 Å². The first-order valence-electron chi connectivity index (χ1n) is 7.31. The third-order valence-corrected chi connectivity index (χ3v) is 4.23. The van der Waals surface area contributed by atoms with Crippen LogP contribution in [0.3, 0.4) is 0 Å². The minimum atomic E-state index is -0.947. The lowest BCUT2D eigenvalue weighted by molar-refractivity contribution is 0.510. The summed E-state index contributed by atoms with van der Waals surface area (Å²) in [5, 5.41) is 0.464. The lowest BCUT2D eigenvalue weighted by Gasteiger charge is -2.31. The van der Waals surface area contributed by atoms with E-state index in [1.165, 1.54) is 5.56 Å². The Morgan fingerprint density at radius 3 is 2.70 bits per heavy atom. The van der Waals surface area contributed by atoms with Crippen LogP contribution in [0.4, 0.5) is 20.3 Å². The predicted octanol–water partition coefficient (Wildman–Crippen LogP) is 4.65. The number of para-hydroxylation sites is 1. The van der Waals surface area contributed by atoms with E-state index < -0.39 is 11.6 Å². The number of benzene rings is 2. The molecule has 0 aliphatic carbocycles. The molecule has 3 aromatic rings. The molecule has 0 amide bonds. The van der Waals surface area contributed by atoms with E-state index in [2.05, 4.69) is 16.0 Å². The molecule has 2 heterocycles. The molecule has 3 nitrogen and oxygen atoms in total. The summed E-state index contributed by atoms with van der Waals surface area (Å²) >= 11 is 6.00. The Kier molecular flexibility index (Phi) is 3.38. The molecule has 4 rings (SSSR count). The van der Waals surface area contributed by atoms with Crippen LogP contribution in [0.5, 0.6) is 0 Å². The summed E-state index contributed by atoms with van der Waals surface area (Å²) < 4.78 is 27.2. The van der Waals surface area contributed by atoms with Gasteiger partial charge < -0.3 is 4.90 Å². The number of aromatic nitrogens is 2. The van der Waals surface area contributed by atoms with E-state index >= 15 is 0 Å². The first kappa shape index (κ1) is 14.3. The van der Waals surface area contributed by atoms with Crippen LogP contribution in [-0.4, -0.2) is 16.5 Å². The molecule has 0 unspecified atom stereocenters. The molecule has 0 saturated carbocycles. The van der Waals surface area contributed by atoms with Gasteiger partial charge >= 0.3 is 0 Å². The van der Waals surface area contributed by atoms with E-state index in [1.807, 2.05) is 23.1 Å². The Hall–Kier alpha value is -2.27. The predicted molar refractivity (Wildman–Crippen MR) is 86.2 cm³/mol. The fourth-order valence-electron chi connectivity index (χ4n) is 3.04. The fraction of sp³-hybridized carbons (Fsp3) is 0.176. The van der Waals surface area contributed by atoms with Crippen LogP contribution < -0.4 is 4.90 Å². The molecule has 0 atom stereocenters. The second-order valence-electron chi connectivity index (χ2n) is 5.48. The maximum atomic E-state index is 13.7. The highest BCUT2D eigenvalue weighted by Gasteiger charge is 2.22. The van der Waals surface area contributed by atoms with Gasteiger partial charge in [0.2, 0.25) is 5.28 Å². The Labute approximate surface area is 136 Å². The molecule has 6 heteroatoms. The van der Waals surface area contributed by atoms with Crippen molar-refractivity contribution >= 4 is 34.0 Å². The van der Waals surface area contributed by atoms with Gasteiger partial charge in [-0.3, -0.25) is 0 Å². The quantitative estimate of drug-likeness (QED) is 0.608. The van der Waals surface area contributed by atoms with Crippen molar-refractivity contribution in [2.45, 2.75) is 12.8 Å². The smallest absolute Gasteiger partial charge is 0.224 e. The highest BCUT2D eigenvalue weighted by atomic mass is 35.5. The molecule has 2 aromatic carbocycles. The molecule has 0 fully saturated rings. The van der Waals surface area contributed by atoms with Crippen LogP contribution >= 0.6 is 11.6 Å². The summed E-state index contributed by atoms with van der Waals surface area (Å²) in [4.78, 5) is 10.3. The molecule has 1 aliphatic heterocycles. The molecule has 0 saturated heterocycles. The Bertz CT molecular complexity index is 914. The first-order chi connectivity index (χ1) is 11.1. The second kappa shape index (κ2) is 5.42. The summed E-state index contributed by atoms with van der Waals surface area (Å²) in [6.07, 6.45) is 1.93. The third-order valence-electron chi connectivity index (χ3n) is 4.06. The van der Waals surface area contributed by atoms with E-state index in [9.17, 15) is 8.78 Å². The Balaban J connectivity index is 1.98. The number of fused-ring (bicyclic) bond motifs is 2. The van der Waals surface area contributed by atoms with Gasteiger partial charge in [-0.15, -0.1) is 0 Å². The second-order valence-corrected chi connectivity index (χ2v) is 5.82. The van der Waals surface area contributed by atoms with Crippen molar-refractivity contribution in [3.05, 3.63) is 58.9 Å². The number of rotatable bonds is 1. The van der Waals surface area contributed by atoms with E-state index in [-0.39, 0.29) is 5.28 Å². The number of hydrogen-bond donors (Lipinski definition) is 0. The lowest BCUT2D eigenvalue weighted by atomic mass is 10.0. The largest absolute Gasteiger partial charge is 0.325 e. The zero-order valence-electron chi connectivity index (χ0n) is 12.1. The average molecular weight is 332 g/mol. The zero-order chi connectivity index (χ0) is 16.0. The van der Waals surface area contributed by atoms with E-state index in [0.29, 0.717) is 16.7 Å². The summed E-state index contributed by atoms with van der Waals surface area (Å²) in [7, 11) is 0. The number of nitrogens with zero attached hydrogens (tertiary/aromatic N) is 3. The fourth-order valence-corrected chi connectivity index (χ4v) is 3.21. The first-order valence-corrected chi connectivity index (χ1v) is 7.69. The van der Waals surface area contributed by atoms with Crippen LogP contribution in [0, 0.1) is 11.6 Å². The van der Waals surface area contributed by atoms with Crippen molar-refractivity contribution in [1.82, 2.24) is 9.97 Å². The SMILES string of the molecule is Fc1cc2nc(Cl)nc(N3CCCc4ccccc43)c2cc1F. The van der Waals surface area contributed by atoms with E-state index in [1.54, 1.807) is 0 Å². The molecule has 23 heavy (non-hydrogen) atoms. The molecule has 116 valence electrons. The van der Waals surface area contributed by atoms with Crippen molar-refractivity contribution in [2.24, 2.45) is 0 Å². The van der Waals surface area contributed by atoms with Gasteiger partial charge in [-0.1, -0.05) is 18.2 Å². The number of aryl methyl sites for hydroxylation is 1. The number of anilines is 2. The average Bonchev–Trinajstić information content (AvgIpc) is 2.55. The van der Waals surface area contributed by atoms with Crippen LogP contribution in [0.15, 0.2) is 36.4 Å². The minimum Gasteiger partial charge on any atom is -0.325 e.